The summed E-state index contributed by atoms with van der Waals surface area (Å²) in [7, 11) is 0. The van der Waals surface area contributed by atoms with E-state index < -0.39 is 0 Å². The third-order valence-electron chi connectivity index (χ3n) is 3.20. The van der Waals surface area contributed by atoms with Crippen molar-refractivity contribution in [2.75, 3.05) is 19.6 Å². The molecule has 0 atom stereocenters. The molecule has 1 aliphatic rings. The fourth-order valence-electron chi connectivity index (χ4n) is 2.05. The van der Waals surface area contributed by atoms with Crippen molar-refractivity contribution in [3.8, 4) is 0 Å². The Balaban J connectivity index is 1.96. The van der Waals surface area contributed by atoms with E-state index in [1.165, 1.54) is 58.2 Å². The maximum absolute atomic E-state index is 2.65. The molecule has 0 bridgehead atoms. The van der Waals surface area contributed by atoms with E-state index in [1.54, 1.807) is 0 Å². The molecule has 0 N–H and O–H groups in total. The summed E-state index contributed by atoms with van der Waals surface area (Å²) in [6, 6.07) is 0. The molecule has 78 valence electrons. The molecule has 0 aliphatic carbocycles. The molecule has 0 aromatic heterocycles. The summed E-state index contributed by atoms with van der Waals surface area (Å²) in [6.07, 6.45) is 8.48. The third-order valence-corrected chi connectivity index (χ3v) is 3.20. The Hall–Kier alpha value is -0.0400. The van der Waals surface area contributed by atoms with E-state index in [4.69, 9.17) is 0 Å². The molecule has 1 rings (SSSR count). The Morgan fingerprint density at radius 1 is 1.08 bits per heavy atom. The number of rotatable bonds is 5. The van der Waals surface area contributed by atoms with Gasteiger partial charge >= 0.3 is 0 Å². The Bertz CT molecular complexity index is 114. The predicted molar refractivity (Wildman–Crippen MR) is 59.0 cm³/mol. The fraction of sp³-hybridized carbons (Fsp3) is 1.00. The average molecular weight is 183 g/mol. The second-order valence-corrected chi connectivity index (χ2v) is 4.58. The zero-order valence-corrected chi connectivity index (χ0v) is 9.39. The van der Waals surface area contributed by atoms with Crippen molar-refractivity contribution in [1.82, 2.24) is 4.90 Å². The van der Waals surface area contributed by atoms with Crippen molar-refractivity contribution < 1.29 is 0 Å². The van der Waals surface area contributed by atoms with Crippen molar-refractivity contribution in [2.45, 2.75) is 52.4 Å². The lowest BCUT2D eigenvalue weighted by Gasteiger charge is -2.30. The van der Waals surface area contributed by atoms with Gasteiger partial charge in [0.15, 0.2) is 0 Å². The van der Waals surface area contributed by atoms with Crippen LogP contribution in [0.2, 0.25) is 0 Å². The predicted octanol–water partition coefficient (Wildman–Crippen LogP) is 3.30. The van der Waals surface area contributed by atoms with E-state index >= 15 is 0 Å². The van der Waals surface area contributed by atoms with Crippen LogP contribution in [-0.4, -0.2) is 24.5 Å². The van der Waals surface area contributed by atoms with Gasteiger partial charge < -0.3 is 4.90 Å². The summed E-state index contributed by atoms with van der Waals surface area (Å²) < 4.78 is 0. The van der Waals surface area contributed by atoms with Crippen LogP contribution in [0.5, 0.6) is 0 Å². The quantitative estimate of drug-likeness (QED) is 0.591. The van der Waals surface area contributed by atoms with Gasteiger partial charge in [-0.3, -0.25) is 0 Å². The molecule has 1 heteroatoms. The number of unbranched alkanes of at least 4 members (excludes halogenated alkanes) is 3. The third kappa shape index (κ3) is 4.66. The largest absolute Gasteiger partial charge is 0.303 e. The van der Waals surface area contributed by atoms with Crippen LogP contribution in [0.1, 0.15) is 52.4 Å². The smallest absolute Gasteiger partial charge is 0.00162 e. The second kappa shape index (κ2) is 6.42. The molecule has 0 unspecified atom stereocenters. The molecule has 1 fully saturated rings. The van der Waals surface area contributed by atoms with Crippen LogP contribution in [0.3, 0.4) is 0 Å². The first-order valence-corrected chi connectivity index (χ1v) is 6.05. The summed E-state index contributed by atoms with van der Waals surface area (Å²) in [6.45, 7) is 8.73. The maximum Gasteiger partial charge on any atom is -0.00162 e. The molecule has 0 amide bonds. The van der Waals surface area contributed by atoms with Crippen LogP contribution in [0.15, 0.2) is 0 Å². The molecule has 13 heavy (non-hydrogen) atoms. The van der Waals surface area contributed by atoms with E-state index in [0.29, 0.717) is 0 Å². The molecule has 1 saturated heterocycles. The Kier molecular flexibility index (Phi) is 5.45. The highest BCUT2D eigenvalue weighted by Gasteiger charge is 2.14. The highest BCUT2D eigenvalue weighted by Crippen LogP contribution is 2.16. The van der Waals surface area contributed by atoms with Gasteiger partial charge in [0.1, 0.15) is 0 Å². The van der Waals surface area contributed by atoms with Crippen LogP contribution in [0, 0.1) is 5.92 Å². The van der Waals surface area contributed by atoms with Crippen LogP contribution in [0.4, 0.5) is 0 Å². The normalized spacial score (nSPS) is 20.8. The van der Waals surface area contributed by atoms with Crippen LogP contribution >= 0.6 is 0 Å². The van der Waals surface area contributed by atoms with E-state index in [9.17, 15) is 0 Å². The molecule has 0 aromatic rings. The Morgan fingerprint density at radius 3 is 2.38 bits per heavy atom. The topological polar surface area (TPSA) is 3.24 Å². The van der Waals surface area contributed by atoms with Gasteiger partial charge in [0.25, 0.3) is 0 Å². The fourth-order valence-corrected chi connectivity index (χ4v) is 2.05. The second-order valence-electron chi connectivity index (χ2n) is 4.58. The first kappa shape index (κ1) is 11.0. The Labute approximate surface area is 83.5 Å². The van der Waals surface area contributed by atoms with Gasteiger partial charge in [-0.25, -0.2) is 0 Å². The molecule has 0 radical (unpaired) electrons. The van der Waals surface area contributed by atoms with Crippen molar-refractivity contribution in [2.24, 2.45) is 5.92 Å². The maximum atomic E-state index is 2.65. The van der Waals surface area contributed by atoms with Crippen LogP contribution in [-0.2, 0) is 0 Å². The van der Waals surface area contributed by atoms with Crippen molar-refractivity contribution >= 4 is 0 Å². The lowest BCUT2D eigenvalue weighted by molar-refractivity contribution is 0.189. The van der Waals surface area contributed by atoms with Gasteiger partial charge in [-0.15, -0.1) is 0 Å². The molecule has 0 aromatic carbocycles. The van der Waals surface area contributed by atoms with Gasteiger partial charge in [-0.1, -0.05) is 33.1 Å². The molecule has 1 aliphatic heterocycles. The molecule has 0 saturated carbocycles. The summed E-state index contributed by atoms with van der Waals surface area (Å²) in [5.74, 6) is 0.979. The van der Waals surface area contributed by atoms with E-state index in [1.807, 2.05) is 0 Å². The molecular weight excluding hydrogens is 158 g/mol. The summed E-state index contributed by atoms with van der Waals surface area (Å²) in [5, 5.41) is 0. The number of hydrogen-bond acceptors (Lipinski definition) is 1. The molecule has 0 spiro atoms. The molecule has 1 heterocycles. The number of nitrogens with zero attached hydrogens (tertiary/aromatic N) is 1. The first-order chi connectivity index (χ1) is 6.33. The lowest BCUT2D eigenvalue weighted by atomic mass is 9.99. The standard InChI is InChI=1S/C12H25N/c1-3-4-5-6-9-13-10-7-12(2)8-11-13/h12H,3-11H2,1-2H3. The van der Waals surface area contributed by atoms with E-state index in [0.717, 1.165) is 5.92 Å². The van der Waals surface area contributed by atoms with Gasteiger partial charge in [0.2, 0.25) is 0 Å². The summed E-state index contributed by atoms with van der Waals surface area (Å²) >= 11 is 0. The SMILES string of the molecule is CCCCCCN1CCC(C)CC1. The first-order valence-electron chi connectivity index (χ1n) is 6.05. The van der Waals surface area contributed by atoms with Gasteiger partial charge in [0, 0.05) is 0 Å². The Morgan fingerprint density at radius 2 is 1.77 bits per heavy atom. The monoisotopic (exact) mass is 183 g/mol. The van der Waals surface area contributed by atoms with Crippen molar-refractivity contribution in [3.05, 3.63) is 0 Å². The molecular formula is C12H25N. The van der Waals surface area contributed by atoms with Crippen molar-refractivity contribution in [1.29, 1.82) is 0 Å². The van der Waals surface area contributed by atoms with Crippen molar-refractivity contribution in [3.63, 3.8) is 0 Å². The number of hydrogen-bond donors (Lipinski definition) is 0. The van der Waals surface area contributed by atoms with Gasteiger partial charge in [0.05, 0.1) is 0 Å². The summed E-state index contributed by atoms with van der Waals surface area (Å²) in [5.41, 5.74) is 0. The highest BCUT2D eigenvalue weighted by molar-refractivity contribution is 4.68. The van der Waals surface area contributed by atoms with Crippen LogP contribution in [0.25, 0.3) is 0 Å². The minimum atomic E-state index is 0.979. The number of piperidine rings is 1. The summed E-state index contributed by atoms with van der Waals surface area (Å²) in [4.78, 5) is 2.65. The zero-order valence-electron chi connectivity index (χ0n) is 9.39. The zero-order chi connectivity index (χ0) is 9.52. The number of likely N-dealkylation sites (tertiary alicyclic amines) is 1. The lowest BCUT2D eigenvalue weighted by Crippen LogP contribution is -2.33. The molecule has 1 nitrogen and oxygen atoms in total. The van der Waals surface area contributed by atoms with Gasteiger partial charge in [-0.05, 0) is 44.8 Å². The highest BCUT2D eigenvalue weighted by atomic mass is 15.1. The van der Waals surface area contributed by atoms with Gasteiger partial charge in [-0.2, -0.15) is 0 Å². The van der Waals surface area contributed by atoms with E-state index in [2.05, 4.69) is 18.7 Å². The average Bonchev–Trinajstić information content (AvgIpc) is 2.15. The van der Waals surface area contributed by atoms with E-state index in [-0.39, 0.29) is 0 Å². The van der Waals surface area contributed by atoms with Crippen LogP contribution < -0.4 is 0 Å². The minimum Gasteiger partial charge on any atom is -0.303 e. The minimum absolute atomic E-state index is 0.979.